The zero-order valence-electron chi connectivity index (χ0n) is 19.9. The average molecular weight is 489 g/mol. The molecule has 0 radical (unpaired) electrons. The molecule has 0 spiro atoms. The van der Waals surface area contributed by atoms with E-state index in [4.69, 9.17) is 21.4 Å². The fraction of sp³-hybridized carbons (Fsp3) is 0.462. The summed E-state index contributed by atoms with van der Waals surface area (Å²) in [6.07, 6.45) is 11.0. The molecule has 4 aromatic heterocycles. The highest BCUT2D eigenvalue weighted by Crippen LogP contribution is 2.40. The SMILES string of the molecule is Nc1nc(NCc2ccc(-c3cccs3)nc2)c2nc(C3CCC(N)CC3)n(C3CCCC3)c2n1. The molecule has 0 bridgehead atoms. The summed E-state index contributed by atoms with van der Waals surface area (Å²) in [5, 5.41) is 5.54. The van der Waals surface area contributed by atoms with Gasteiger partial charge in [-0.1, -0.05) is 25.0 Å². The fourth-order valence-electron chi connectivity index (χ4n) is 5.60. The molecule has 6 rings (SSSR count). The molecule has 0 saturated heterocycles. The summed E-state index contributed by atoms with van der Waals surface area (Å²) in [7, 11) is 0. The first-order valence-electron chi connectivity index (χ1n) is 12.7. The lowest BCUT2D eigenvalue weighted by atomic mass is 9.86. The fourth-order valence-corrected chi connectivity index (χ4v) is 6.31. The van der Waals surface area contributed by atoms with Gasteiger partial charge in [0.05, 0.1) is 10.6 Å². The molecule has 5 N–H and O–H groups in total. The maximum Gasteiger partial charge on any atom is 0.224 e. The van der Waals surface area contributed by atoms with Crippen LogP contribution in [-0.2, 0) is 6.54 Å². The van der Waals surface area contributed by atoms with Gasteiger partial charge in [0.15, 0.2) is 17.0 Å². The third-order valence-corrected chi connectivity index (χ3v) is 8.36. The summed E-state index contributed by atoms with van der Waals surface area (Å²) < 4.78 is 2.39. The molecule has 35 heavy (non-hydrogen) atoms. The molecule has 0 atom stereocenters. The Bertz CT molecular complexity index is 1280. The predicted octanol–water partition coefficient (Wildman–Crippen LogP) is 5.24. The topological polar surface area (TPSA) is 121 Å². The Balaban J connectivity index is 1.32. The van der Waals surface area contributed by atoms with Crippen molar-refractivity contribution in [1.29, 1.82) is 0 Å². The van der Waals surface area contributed by atoms with Gasteiger partial charge >= 0.3 is 0 Å². The quantitative estimate of drug-likeness (QED) is 0.339. The van der Waals surface area contributed by atoms with Crippen LogP contribution in [0.15, 0.2) is 35.8 Å². The molecule has 0 aliphatic heterocycles. The summed E-state index contributed by atoms with van der Waals surface area (Å²) in [6, 6.07) is 9.04. The van der Waals surface area contributed by atoms with Crippen LogP contribution in [0.2, 0.25) is 0 Å². The molecule has 0 amide bonds. The summed E-state index contributed by atoms with van der Waals surface area (Å²) in [5.74, 6) is 2.53. The molecular formula is C26H32N8S. The van der Waals surface area contributed by atoms with Crippen LogP contribution in [0.4, 0.5) is 11.8 Å². The van der Waals surface area contributed by atoms with Gasteiger partial charge in [-0.05, 0) is 61.6 Å². The number of nitrogens with zero attached hydrogens (tertiary/aromatic N) is 5. The van der Waals surface area contributed by atoms with Gasteiger partial charge < -0.3 is 21.4 Å². The third kappa shape index (κ3) is 4.50. The number of nitrogens with two attached hydrogens (primary N) is 2. The van der Waals surface area contributed by atoms with Crippen molar-refractivity contribution in [3.8, 4) is 10.6 Å². The first-order chi connectivity index (χ1) is 17.2. The zero-order chi connectivity index (χ0) is 23.8. The monoisotopic (exact) mass is 488 g/mol. The van der Waals surface area contributed by atoms with Crippen molar-refractivity contribution in [2.24, 2.45) is 5.73 Å². The number of nitrogen functional groups attached to an aromatic ring is 1. The Labute approximate surface area is 209 Å². The molecular weight excluding hydrogens is 456 g/mol. The number of anilines is 2. The van der Waals surface area contributed by atoms with Gasteiger partial charge in [-0.3, -0.25) is 4.98 Å². The minimum atomic E-state index is 0.280. The normalized spacial score (nSPS) is 21.1. The Morgan fingerprint density at radius 1 is 1.00 bits per heavy atom. The first-order valence-corrected chi connectivity index (χ1v) is 13.6. The van der Waals surface area contributed by atoms with E-state index < -0.39 is 0 Å². The summed E-state index contributed by atoms with van der Waals surface area (Å²) in [4.78, 5) is 20.2. The van der Waals surface area contributed by atoms with Gasteiger partial charge in [-0.25, -0.2) is 4.98 Å². The van der Waals surface area contributed by atoms with Crippen molar-refractivity contribution in [2.75, 3.05) is 11.1 Å². The van der Waals surface area contributed by atoms with Crippen LogP contribution >= 0.6 is 11.3 Å². The highest BCUT2D eigenvalue weighted by atomic mass is 32.1. The predicted molar refractivity (Wildman–Crippen MR) is 141 cm³/mol. The Hall–Kier alpha value is -3.04. The van der Waals surface area contributed by atoms with Gasteiger partial charge in [0.2, 0.25) is 5.95 Å². The lowest BCUT2D eigenvalue weighted by molar-refractivity contribution is 0.367. The number of thiophene rings is 1. The molecule has 0 aromatic carbocycles. The Morgan fingerprint density at radius 2 is 1.83 bits per heavy atom. The maximum atomic E-state index is 6.21. The zero-order valence-corrected chi connectivity index (χ0v) is 20.7. The number of nitrogens with one attached hydrogen (secondary N) is 1. The average Bonchev–Trinajstić information content (AvgIpc) is 3.64. The molecule has 2 aliphatic carbocycles. The number of hydrogen-bond acceptors (Lipinski definition) is 8. The van der Waals surface area contributed by atoms with Crippen LogP contribution in [-0.4, -0.2) is 30.5 Å². The number of hydrogen-bond donors (Lipinski definition) is 3. The van der Waals surface area contributed by atoms with Crippen LogP contribution in [0.25, 0.3) is 21.7 Å². The van der Waals surface area contributed by atoms with Gasteiger partial charge in [-0.15, -0.1) is 11.3 Å². The molecule has 9 heteroatoms. The van der Waals surface area contributed by atoms with Crippen molar-refractivity contribution < 1.29 is 0 Å². The second-order valence-corrected chi connectivity index (χ2v) is 10.8. The molecule has 2 saturated carbocycles. The molecule has 2 fully saturated rings. The lowest BCUT2D eigenvalue weighted by Crippen LogP contribution is -2.27. The minimum absolute atomic E-state index is 0.280. The number of pyridine rings is 1. The van der Waals surface area contributed by atoms with E-state index in [1.165, 1.54) is 30.6 Å². The van der Waals surface area contributed by atoms with Gasteiger partial charge in [0.25, 0.3) is 0 Å². The van der Waals surface area contributed by atoms with Crippen molar-refractivity contribution in [3.05, 3.63) is 47.2 Å². The van der Waals surface area contributed by atoms with E-state index >= 15 is 0 Å². The van der Waals surface area contributed by atoms with Crippen LogP contribution in [0.1, 0.15) is 74.7 Å². The Morgan fingerprint density at radius 3 is 2.54 bits per heavy atom. The van der Waals surface area contributed by atoms with Crippen molar-refractivity contribution >= 4 is 34.3 Å². The molecule has 0 unspecified atom stereocenters. The summed E-state index contributed by atoms with van der Waals surface area (Å²) >= 11 is 1.69. The van der Waals surface area contributed by atoms with Crippen molar-refractivity contribution in [2.45, 2.75) is 75.9 Å². The van der Waals surface area contributed by atoms with E-state index in [1.807, 2.05) is 12.3 Å². The van der Waals surface area contributed by atoms with Crippen LogP contribution in [0.3, 0.4) is 0 Å². The van der Waals surface area contributed by atoms with Crippen LogP contribution in [0.5, 0.6) is 0 Å². The number of rotatable bonds is 6. The van der Waals surface area contributed by atoms with Crippen molar-refractivity contribution in [1.82, 2.24) is 24.5 Å². The molecule has 2 aliphatic rings. The van der Waals surface area contributed by atoms with Gasteiger partial charge in [0.1, 0.15) is 5.82 Å². The molecule has 8 nitrogen and oxygen atoms in total. The number of aromatic nitrogens is 5. The molecule has 4 heterocycles. The lowest BCUT2D eigenvalue weighted by Gasteiger charge is -2.27. The second kappa shape index (κ2) is 9.54. The smallest absolute Gasteiger partial charge is 0.224 e. The van der Waals surface area contributed by atoms with Crippen LogP contribution < -0.4 is 16.8 Å². The van der Waals surface area contributed by atoms with E-state index in [0.717, 1.165) is 53.9 Å². The number of fused-ring (bicyclic) bond motifs is 1. The van der Waals surface area contributed by atoms with E-state index in [-0.39, 0.29) is 5.95 Å². The maximum absolute atomic E-state index is 6.21. The highest BCUT2D eigenvalue weighted by molar-refractivity contribution is 7.13. The van der Waals surface area contributed by atoms with E-state index in [9.17, 15) is 0 Å². The minimum Gasteiger partial charge on any atom is -0.368 e. The highest BCUT2D eigenvalue weighted by Gasteiger charge is 2.31. The standard InChI is InChI=1S/C26H32N8S/c27-18-10-8-17(9-11-18)24-31-22-23(32-26(28)33-25(22)34(24)19-4-1-2-5-19)30-15-16-7-12-20(29-14-16)21-6-3-13-35-21/h3,6-7,12-14,17-19H,1-2,4-5,8-11,15,27H2,(H3,28,30,32,33). The summed E-state index contributed by atoms with van der Waals surface area (Å²) in [6.45, 7) is 0.590. The van der Waals surface area contributed by atoms with Gasteiger partial charge in [0, 0.05) is 30.7 Å². The van der Waals surface area contributed by atoms with E-state index in [1.54, 1.807) is 11.3 Å². The van der Waals surface area contributed by atoms with E-state index in [0.29, 0.717) is 30.4 Å². The second-order valence-electron chi connectivity index (χ2n) is 9.88. The molecule has 182 valence electrons. The van der Waals surface area contributed by atoms with Crippen LogP contribution in [0, 0.1) is 0 Å². The third-order valence-electron chi connectivity index (χ3n) is 7.47. The number of imidazole rings is 1. The largest absolute Gasteiger partial charge is 0.368 e. The first kappa shape index (κ1) is 22.4. The van der Waals surface area contributed by atoms with Gasteiger partial charge in [-0.2, -0.15) is 9.97 Å². The van der Waals surface area contributed by atoms with E-state index in [2.05, 4.69) is 43.4 Å². The Kier molecular flexibility index (Phi) is 6.12. The van der Waals surface area contributed by atoms with Crippen molar-refractivity contribution in [3.63, 3.8) is 0 Å². The molecule has 4 aromatic rings. The summed E-state index contributed by atoms with van der Waals surface area (Å²) in [5.41, 5.74) is 16.2.